The Morgan fingerprint density at radius 2 is 1.84 bits per heavy atom. The predicted molar refractivity (Wildman–Crippen MR) is 92.5 cm³/mol. The Morgan fingerprint density at radius 1 is 1.20 bits per heavy atom. The second kappa shape index (κ2) is 7.47. The first-order valence-corrected chi connectivity index (χ1v) is 8.77. The molecule has 0 saturated heterocycles. The van der Waals surface area contributed by atoms with Gasteiger partial charge < -0.3 is 15.7 Å². The minimum absolute atomic E-state index is 0.159. The first-order valence-electron chi connectivity index (χ1n) is 7.27. The summed E-state index contributed by atoms with van der Waals surface area (Å²) in [4.78, 5) is 23.1. The van der Waals surface area contributed by atoms with Gasteiger partial charge in [-0.05, 0) is 30.8 Å². The van der Waals surface area contributed by atoms with Crippen molar-refractivity contribution in [3.05, 3.63) is 42.2 Å². The number of nitrogens with one attached hydrogen (secondary N) is 2. The number of hydrogen-bond donors (Lipinski definition) is 4. The summed E-state index contributed by atoms with van der Waals surface area (Å²) in [6.07, 6.45) is 1.40. The minimum Gasteiger partial charge on any atom is -0.477 e. The largest absolute Gasteiger partial charge is 0.477 e. The van der Waals surface area contributed by atoms with Crippen LogP contribution in [0.25, 0.3) is 11.1 Å². The molecular formula is C15H18N4O5S. The summed E-state index contributed by atoms with van der Waals surface area (Å²) in [5, 5.41) is 19.9. The molecule has 0 atom stereocenters. The quantitative estimate of drug-likeness (QED) is 0.560. The fraction of sp³-hybridized carbons (Fsp3) is 0.200. The molecule has 0 saturated carbocycles. The molecule has 0 aliphatic carbocycles. The number of carbonyl (C=O) groups is 2. The van der Waals surface area contributed by atoms with Crippen LogP contribution in [0.15, 0.2) is 36.5 Å². The minimum atomic E-state index is -4.23. The number of nitrogens with two attached hydrogens (primary N) is 1. The Hall–Kier alpha value is -2.69. The molecule has 1 aromatic heterocycles. The normalized spacial score (nSPS) is 11.3. The molecule has 2 rings (SSSR count). The van der Waals surface area contributed by atoms with Crippen LogP contribution in [0.2, 0.25) is 0 Å². The number of carboxylic acid groups (broad SMARTS) is 1. The van der Waals surface area contributed by atoms with Crippen LogP contribution in [0, 0.1) is 0 Å². The maximum atomic E-state index is 11.7. The van der Waals surface area contributed by atoms with E-state index in [1.807, 2.05) is 0 Å². The Bertz CT molecular complexity index is 887. The van der Waals surface area contributed by atoms with Crippen LogP contribution in [0.1, 0.15) is 16.9 Å². The Morgan fingerprint density at radius 3 is 2.36 bits per heavy atom. The smallest absolute Gasteiger partial charge is 0.354 e. The number of nitrogens with zero attached hydrogens (tertiary/aromatic N) is 1. The zero-order valence-electron chi connectivity index (χ0n) is 13.4. The lowest BCUT2D eigenvalue weighted by atomic mass is 10.1. The highest BCUT2D eigenvalue weighted by atomic mass is 32.2. The van der Waals surface area contributed by atoms with Crippen molar-refractivity contribution >= 4 is 27.8 Å². The van der Waals surface area contributed by atoms with Gasteiger partial charge in [0.2, 0.25) is 5.91 Å². The van der Waals surface area contributed by atoms with E-state index in [1.54, 1.807) is 31.3 Å². The van der Waals surface area contributed by atoms with E-state index >= 15 is 0 Å². The zero-order chi connectivity index (χ0) is 18.6. The van der Waals surface area contributed by atoms with Crippen molar-refractivity contribution in [3.63, 3.8) is 0 Å². The number of carboxylic acids is 1. The van der Waals surface area contributed by atoms with Gasteiger partial charge in [-0.25, -0.2) is 13.9 Å². The molecule has 0 spiro atoms. The second-order valence-electron chi connectivity index (χ2n) is 5.20. The monoisotopic (exact) mass is 366 g/mol. The molecule has 25 heavy (non-hydrogen) atoms. The van der Waals surface area contributed by atoms with Gasteiger partial charge in [0.1, 0.15) is 0 Å². The molecule has 134 valence electrons. The van der Waals surface area contributed by atoms with Crippen LogP contribution in [0.5, 0.6) is 0 Å². The number of hydrogen-bond acceptors (Lipinski definition) is 5. The molecule has 5 N–H and O–H groups in total. The van der Waals surface area contributed by atoms with Crippen LogP contribution >= 0.6 is 0 Å². The molecule has 10 heteroatoms. The van der Waals surface area contributed by atoms with E-state index in [4.69, 9.17) is 5.14 Å². The van der Waals surface area contributed by atoms with Crippen molar-refractivity contribution in [1.29, 1.82) is 0 Å². The summed E-state index contributed by atoms with van der Waals surface area (Å²) >= 11 is 0. The van der Waals surface area contributed by atoms with Gasteiger partial charge >= 0.3 is 16.2 Å². The molecule has 0 radical (unpaired) electrons. The van der Waals surface area contributed by atoms with E-state index in [0.717, 1.165) is 6.20 Å². The number of amides is 1. The Kier molecular flexibility index (Phi) is 5.57. The third-order valence-corrected chi connectivity index (χ3v) is 4.26. The van der Waals surface area contributed by atoms with Gasteiger partial charge in [0, 0.05) is 30.4 Å². The standard InChI is InChI=1S/C15H18N4O5S/c1-17-8-6-13(20)18-11-4-2-10(3-5-11)12-7-9-19(25(16,23)24)14(12)15(21)22/h2-5,7,9,17H,6,8H2,1H3,(H,18,20)(H,21,22)(H2,16,23,24). The lowest BCUT2D eigenvalue weighted by Crippen LogP contribution is -2.24. The van der Waals surface area contributed by atoms with E-state index in [1.165, 1.54) is 6.07 Å². The van der Waals surface area contributed by atoms with E-state index in [2.05, 4.69) is 10.6 Å². The van der Waals surface area contributed by atoms with Crippen molar-refractivity contribution in [1.82, 2.24) is 9.29 Å². The van der Waals surface area contributed by atoms with Crippen LogP contribution in [0.4, 0.5) is 5.69 Å². The number of aromatic carboxylic acids is 1. The number of aromatic nitrogens is 1. The second-order valence-corrected chi connectivity index (χ2v) is 6.63. The Labute approximate surface area is 144 Å². The molecular weight excluding hydrogens is 348 g/mol. The van der Waals surface area contributed by atoms with E-state index in [9.17, 15) is 23.1 Å². The lowest BCUT2D eigenvalue weighted by molar-refractivity contribution is -0.116. The van der Waals surface area contributed by atoms with Gasteiger partial charge in [0.15, 0.2) is 5.69 Å². The van der Waals surface area contributed by atoms with Crippen molar-refractivity contribution in [2.75, 3.05) is 18.9 Å². The van der Waals surface area contributed by atoms with Gasteiger partial charge in [-0.1, -0.05) is 12.1 Å². The van der Waals surface area contributed by atoms with Crippen molar-refractivity contribution in [2.45, 2.75) is 6.42 Å². The summed E-state index contributed by atoms with van der Waals surface area (Å²) in [6, 6.07) is 7.74. The zero-order valence-corrected chi connectivity index (χ0v) is 14.2. The van der Waals surface area contributed by atoms with Gasteiger partial charge in [0.05, 0.1) is 0 Å². The predicted octanol–water partition coefficient (Wildman–Crippen LogP) is 0.453. The Balaban J connectivity index is 2.30. The van der Waals surface area contributed by atoms with Crippen molar-refractivity contribution in [2.24, 2.45) is 5.14 Å². The number of anilines is 1. The average Bonchev–Trinajstić information content (AvgIpc) is 2.99. The number of benzene rings is 1. The van der Waals surface area contributed by atoms with Crippen molar-refractivity contribution < 1.29 is 23.1 Å². The molecule has 0 unspecified atom stereocenters. The maximum Gasteiger partial charge on any atom is 0.354 e. The molecule has 0 aliphatic heterocycles. The summed E-state index contributed by atoms with van der Waals surface area (Å²) < 4.78 is 23.5. The van der Waals surface area contributed by atoms with Crippen LogP contribution in [-0.2, 0) is 15.0 Å². The van der Waals surface area contributed by atoms with Crippen LogP contribution in [0.3, 0.4) is 0 Å². The third-order valence-electron chi connectivity index (χ3n) is 3.41. The molecule has 9 nitrogen and oxygen atoms in total. The molecule has 0 bridgehead atoms. The molecule has 0 aliphatic rings. The fourth-order valence-corrected chi connectivity index (χ4v) is 2.93. The highest BCUT2D eigenvalue weighted by Crippen LogP contribution is 2.27. The SMILES string of the molecule is CNCCC(=O)Nc1ccc(-c2ccn(S(N)(=O)=O)c2C(=O)O)cc1. The summed E-state index contributed by atoms with van der Waals surface area (Å²) in [5.41, 5.74) is 0.781. The fourth-order valence-electron chi connectivity index (χ4n) is 2.26. The van der Waals surface area contributed by atoms with Gasteiger partial charge in [-0.2, -0.15) is 8.42 Å². The molecule has 1 amide bonds. The molecule has 2 aromatic rings. The summed E-state index contributed by atoms with van der Waals surface area (Å²) in [7, 11) is -2.48. The van der Waals surface area contributed by atoms with Gasteiger partial charge in [0.25, 0.3) is 0 Å². The van der Waals surface area contributed by atoms with E-state index in [0.29, 0.717) is 28.2 Å². The highest BCUT2D eigenvalue weighted by molar-refractivity contribution is 7.87. The summed E-state index contributed by atoms with van der Waals surface area (Å²) in [6.45, 7) is 0.549. The highest BCUT2D eigenvalue weighted by Gasteiger charge is 2.22. The average molecular weight is 366 g/mol. The molecule has 0 fully saturated rings. The van der Waals surface area contributed by atoms with Crippen LogP contribution in [-0.4, -0.2) is 43.0 Å². The van der Waals surface area contributed by atoms with Gasteiger partial charge in [-0.15, -0.1) is 0 Å². The number of rotatable bonds is 7. The van der Waals surface area contributed by atoms with E-state index < -0.39 is 21.9 Å². The lowest BCUT2D eigenvalue weighted by Gasteiger charge is -2.08. The molecule has 1 heterocycles. The van der Waals surface area contributed by atoms with Crippen LogP contribution < -0.4 is 15.8 Å². The summed E-state index contributed by atoms with van der Waals surface area (Å²) in [5.74, 6) is -1.58. The third kappa shape index (κ3) is 4.44. The topological polar surface area (TPSA) is 144 Å². The van der Waals surface area contributed by atoms with E-state index in [-0.39, 0.29) is 11.5 Å². The first kappa shape index (κ1) is 18.6. The maximum absolute atomic E-state index is 11.7. The molecule has 1 aromatic carbocycles. The van der Waals surface area contributed by atoms with Gasteiger partial charge in [-0.3, -0.25) is 4.79 Å². The van der Waals surface area contributed by atoms with Crippen molar-refractivity contribution in [3.8, 4) is 11.1 Å². The number of carbonyl (C=O) groups excluding carboxylic acids is 1. The first-order chi connectivity index (χ1) is 11.7.